The minimum atomic E-state index is -5.17. The van der Waals surface area contributed by atoms with Crippen LogP contribution in [0.15, 0.2) is 0 Å². The Morgan fingerprint density at radius 1 is 0.438 bits per heavy atom. The fourth-order valence-corrected chi connectivity index (χ4v) is 0. The van der Waals surface area contributed by atoms with E-state index < -0.39 is 31.2 Å². The molecular weight excluding hydrogens is 340 g/mol. The molecule has 0 saturated heterocycles. The Hall–Kier alpha value is 0.142. The van der Waals surface area contributed by atoms with Crippen molar-refractivity contribution in [3.8, 4) is 0 Å². The van der Waals surface area contributed by atoms with Crippen LogP contribution < -0.4 is 0 Å². The van der Waals surface area contributed by atoms with E-state index in [1.165, 1.54) is 0 Å². The Morgan fingerprint density at radius 3 is 0.438 bits per heavy atom. The molecule has 0 aromatic heterocycles. The van der Waals surface area contributed by atoms with E-state index in [1.807, 2.05) is 0 Å². The molecule has 16 heavy (non-hydrogen) atoms. The molecule has 0 aliphatic carbocycles. The quantitative estimate of drug-likeness (QED) is 0.302. The molecule has 0 saturated carbocycles. The zero-order valence-electron chi connectivity index (χ0n) is 6.53. The van der Waals surface area contributed by atoms with Crippen LogP contribution in [-0.2, 0) is 48.6 Å². The molecule has 12 nitrogen and oxygen atoms in total. The molecule has 0 amide bonds. The molecule has 0 fully saturated rings. The summed E-state index contributed by atoms with van der Waals surface area (Å²) in [5.74, 6) is 0. The predicted octanol–water partition coefficient (Wildman–Crippen LogP) is -4.02. The summed E-state index contributed by atoms with van der Waals surface area (Å²) in [7, 11) is -15.5. The minimum Gasteiger partial charge on any atom is -0.759 e. The first-order valence-corrected chi connectivity index (χ1v) is 6.00. The molecule has 0 bridgehead atoms. The van der Waals surface area contributed by atoms with Crippen LogP contribution in [-0.4, -0.2) is 52.6 Å². The second-order valence-electron chi connectivity index (χ2n) is 1.22. The molecule has 0 aromatic carbocycles. The van der Waals surface area contributed by atoms with Gasteiger partial charge in [0.1, 0.15) is 0 Å². The average Bonchev–Trinajstić information content (AvgIpc) is 1.41. The van der Waals surface area contributed by atoms with Gasteiger partial charge in [-0.1, -0.05) is 0 Å². The SMILES string of the molecule is O=S(=O)([O-])[O-].O=S(=O)([O-])[O-].O=S(=O)([O-])[O-].[Cr+3]. The maximum absolute atomic E-state index is 8.52. The minimum absolute atomic E-state index is 0. The van der Waals surface area contributed by atoms with Crippen molar-refractivity contribution >= 4 is 31.2 Å². The van der Waals surface area contributed by atoms with Crippen LogP contribution in [0.25, 0.3) is 0 Å². The summed E-state index contributed by atoms with van der Waals surface area (Å²) in [5.41, 5.74) is 0. The first-order valence-electron chi connectivity index (χ1n) is 2.00. The van der Waals surface area contributed by atoms with Gasteiger partial charge in [-0.05, 0) is 0 Å². The van der Waals surface area contributed by atoms with Crippen molar-refractivity contribution < 1.29 is 69.9 Å². The van der Waals surface area contributed by atoms with Crippen LogP contribution in [0.4, 0.5) is 0 Å². The van der Waals surface area contributed by atoms with Crippen LogP contribution in [0.5, 0.6) is 0 Å². The number of rotatable bonds is 0. The smallest absolute Gasteiger partial charge is 0.759 e. The Balaban J connectivity index is -0.0000000655. The Morgan fingerprint density at radius 2 is 0.438 bits per heavy atom. The van der Waals surface area contributed by atoms with Gasteiger partial charge in [0, 0.05) is 31.2 Å². The normalized spacial score (nSPS) is 10.9. The molecule has 99 valence electrons. The first kappa shape index (κ1) is 25.1. The van der Waals surface area contributed by atoms with Gasteiger partial charge < -0.3 is 27.3 Å². The molecule has 0 N–H and O–H groups in total. The molecule has 0 heterocycles. The zero-order valence-corrected chi connectivity index (χ0v) is 10.3. The molecule has 0 aliphatic heterocycles. The summed E-state index contributed by atoms with van der Waals surface area (Å²) >= 11 is 0. The zero-order chi connectivity index (χ0) is 13.5. The third-order valence-electron chi connectivity index (χ3n) is 0. The van der Waals surface area contributed by atoms with Crippen LogP contribution >= 0.6 is 0 Å². The van der Waals surface area contributed by atoms with E-state index in [1.54, 1.807) is 0 Å². The van der Waals surface area contributed by atoms with Gasteiger partial charge in [0.25, 0.3) is 0 Å². The Labute approximate surface area is 101 Å². The van der Waals surface area contributed by atoms with Gasteiger partial charge in [0.15, 0.2) is 0 Å². The monoisotopic (exact) mass is 340 g/mol. The van der Waals surface area contributed by atoms with Crippen LogP contribution in [0, 0.1) is 0 Å². The maximum atomic E-state index is 8.52. The van der Waals surface area contributed by atoms with E-state index in [-0.39, 0.29) is 17.4 Å². The molecule has 0 spiro atoms. The van der Waals surface area contributed by atoms with E-state index in [0.717, 1.165) is 0 Å². The molecule has 0 aliphatic rings. The summed E-state index contributed by atoms with van der Waals surface area (Å²) in [4.78, 5) is 0. The topological polar surface area (TPSA) is 241 Å². The summed E-state index contributed by atoms with van der Waals surface area (Å²) in [6.45, 7) is 0. The average molecular weight is 340 g/mol. The third kappa shape index (κ3) is 120000. The molecule has 0 rings (SSSR count). The van der Waals surface area contributed by atoms with Crippen molar-refractivity contribution in [2.45, 2.75) is 0 Å². The van der Waals surface area contributed by atoms with Gasteiger partial charge in [0.05, 0.1) is 0 Å². The van der Waals surface area contributed by atoms with Crippen molar-refractivity contribution in [3.63, 3.8) is 0 Å². The van der Waals surface area contributed by atoms with Gasteiger partial charge in [-0.15, -0.1) is 0 Å². The van der Waals surface area contributed by atoms with Crippen LogP contribution in [0.2, 0.25) is 0 Å². The fourth-order valence-electron chi connectivity index (χ4n) is 0. The molecule has 0 atom stereocenters. The fraction of sp³-hybridized carbons (Fsp3) is 0. The van der Waals surface area contributed by atoms with Crippen molar-refractivity contribution in [3.05, 3.63) is 0 Å². The van der Waals surface area contributed by atoms with Gasteiger partial charge in [-0.25, -0.2) is 0 Å². The van der Waals surface area contributed by atoms with Crippen molar-refractivity contribution in [2.24, 2.45) is 0 Å². The van der Waals surface area contributed by atoms with E-state index in [4.69, 9.17) is 52.6 Å². The summed E-state index contributed by atoms with van der Waals surface area (Å²) in [6, 6.07) is 0. The Kier molecular flexibility index (Phi) is 14.4. The molecular formula is CrO12S3-3. The molecule has 0 aromatic rings. The maximum Gasteiger partial charge on any atom is 3.00 e. The number of hydrogen-bond acceptors (Lipinski definition) is 12. The van der Waals surface area contributed by atoms with Gasteiger partial charge in [-0.3, -0.25) is 25.3 Å². The van der Waals surface area contributed by atoms with Crippen LogP contribution in [0.1, 0.15) is 0 Å². The van der Waals surface area contributed by atoms with Gasteiger partial charge in [0.2, 0.25) is 0 Å². The largest absolute Gasteiger partial charge is 3.00 e. The van der Waals surface area contributed by atoms with E-state index in [0.29, 0.717) is 0 Å². The predicted molar refractivity (Wildman–Crippen MR) is 31.4 cm³/mol. The standard InChI is InChI=1S/Cr.3H2O4S/c;3*1-5(2,3)4/h;3*(H2,1,2,3,4)/q+3;;;/p-6. The van der Waals surface area contributed by atoms with Crippen molar-refractivity contribution in [1.29, 1.82) is 0 Å². The third-order valence-corrected chi connectivity index (χ3v) is 0. The summed E-state index contributed by atoms with van der Waals surface area (Å²) < 4.78 is 102. The van der Waals surface area contributed by atoms with Gasteiger partial charge >= 0.3 is 17.4 Å². The first-order chi connectivity index (χ1) is 6.00. The molecule has 16 heteroatoms. The second-order valence-corrected chi connectivity index (χ2v) is 3.67. The van der Waals surface area contributed by atoms with Crippen molar-refractivity contribution in [1.82, 2.24) is 0 Å². The molecule has 0 unspecified atom stereocenters. The van der Waals surface area contributed by atoms with E-state index >= 15 is 0 Å². The van der Waals surface area contributed by atoms with Crippen LogP contribution in [0.3, 0.4) is 0 Å². The van der Waals surface area contributed by atoms with Gasteiger partial charge in [-0.2, -0.15) is 0 Å². The summed E-state index contributed by atoms with van der Waals surface area (Å²) in [5, 5.41) is 0. The van der Waals surface area contributed by atoms with E-state index in [2.05, 4.69) is 0 Å². The second kappa shape index (κ2) is 9.20. The van der Waals surface area contributed by atoms with E-state index in [9.17, 15) is 0 Å². The Bertz CT molecular complexity index is 337. The number of hydrogen-bond donors (Lipinski definition) is 0. The molecule has 1 radical (unpaired) electrons. The van der Waals surface area contributed by atoms with Crippen molar-refractivity contribution in [2.75, 3.05) is 0 Å². The summed E-state index contributed by atoms with van der Waals surface area (Å²) in [6.07, 6.45) is 0.